The van der Waals surface area contributed by atoms with E-state index in [2.05, 4.69) is 34.7 Å². The number of anilines is 1. The fraction of sp³-hybridized carbons (Fsp3) is 0.333. The van der Waals surface area contributed by atoms with Crippen molar-refractivity contribution in [1.29, 1.82) is 0 Å². The number of nitrogens with one attached hydrogen (secondary N) is 1. The van der Waals surface area contributed by atoms with Crippen molar-refractivity contribution in [1.82, 2.24) is 5.32 Å². The van der Waals surface area contributed by atoms with Gasteiger partial charge in [0.2, 0.25) is 0 Å². The normalized spacial score (nSPS) is 10.6. The largest absolute Gasteiger partial charge is 0.370 e. The van der Waals surface area contributed by atoms with E-state index in [9.17, 15) is 4.39 Å². The number of benzene rings is 1. The van der Waals surface area contributed by atoms with E-state index in [1.807, 2.05) is 6.07 Å². The second kappa shape index (κ2) is 7.26. The van der Waals surface area contributed by atoms with Crippen molar-refractivity contribution in [3.05, 3.63) is 52.5 Å². The number of halogens is 1. The maximum Gasteiger partial charge on any atom is 0.125 e. The third-order valence-electron chi connectivity index (χ3n) is 2.99. The van der Waals surface area contributed by atoms with Gasteiger partial charge < -0.3 is 10.2 Å². The molecule has 0 amide bonds. The van der Waals surface area contributed by atoms with Crippen LogP contribution < -0.4 is 10.2 Å². The molecule has 0 spiro atoms. The molecule has 0 fully saturated rings. The summed E-state index contributed by atoms with van der Waals surface area (Å²) in [6.45, 7) is 5.64. The van der Waals surface area contributed by atoms with Crippen LogP contribution in [0.5, 0.6) is 0 Å². The predicted molar refractivity (Wildman–Crippen MR) is 80.3 cm³/mol. The number of hydrogen-bond donors (Lipinski definition) is 1. The standard InChI is InChI=1S/C15H19FN2S/c1-2-18(14-6-3-5-13(16)11-14)9-8-17-12-15-7-4-10-19-15/h3-7,10-11,17H,2,8-9,12H2,1H3. The van der Waals surface area contributed by atoms with Gasteiger partial charge in [-0.2, -0.15) is 0 Å². The van der Waals surface area contributed by atoms with E-state index < -0.39 is 0 Å². The molecular formula is C15H19FN2S. The molecule has 2 nitrogen and oxygen atoms in total. The zero-order valence-electron chi connectivity index (χ0n) is 11.1. The SMILES string of the molecule is CCN(CCNCc1cccs1)c1cccc(F)c1. The Hall–Kier alpha value is -1.39. The minimum atomic E-state index is -0.178. The summed E-state index contributed by atoms with van der Waals surface area (Å²) in [5.41, 5.74) is 0.945. The molecule has 0 radical (unpaired) electrons. The fourth-order valence-electron chi connectivity index (χ4n) is 1.98. The van der Waals surface area contributed by atoms with E-state index in [1.54, 1.807) is 23.5 Å². The minimum absolute atomic E-state index is 0.178. The molecule has 0 saturated carbocycles. The molecule has 1 aromatic carbocycles. The maximum absolute atomic E-state index is 13.2. The van der Waals surface area contributed by atoms with Gasteiger partial charge in [-0.1, -0.05) is 12.1 Å². The van der Waals surface area contributed by atoms with Gasteiger partial charge in [0.1, 0.15) is 5.82 Å². The summed E-state index contributed by atoms with van der Waals surface area (Å²) in [4.78, 5) is 3.51. The molecule has 2 rings (SSSR count). The van der Waals surface area contributed by atoms with E-state index in [4.69, 9.17) is 0 Å². The monoisotopic (exact) mass is 278 g/mol. The summed E-state index contributed by atoms with van der Waals surface area (Å²) in [7, 11) is 0. The molecule has 0 aliphatic rings. The van der Waals surface area contributed by atoms with Gasteiger partial charge in [0.05, 0.1) is 0 Å². The van der Waals surface area contributed by atoms with Crippen LogP contribution in [0.25, 0.3) is 0 Å². The highest BCUT2D eigenvalue weighted by Gasteiger charge is 2.04. The fourth-order valence-corrected chi connectivity index (χ4v) is 2.66. The quantitative estimate of drug-likeness (QED) is 0.780. The van der Waals surface area contributed by atoms with E-state index in [0.29, 0.717) is 0 Å². The van der Waals surface area contributed by atoms with Gasteiger partial charge >= 0.3 is 0 Å². The zero-order valence-corrected chi connectivity index (χ0v) is 11.9. The first-order valence-corrected chi connectivity index (χ1v) is 7.41. The number of thiophene rings is 1. The van der Waals surface area contributed by atoms with E-state index in [0.717, 1.165) is 31.9 Å². The topological polar surface area (TPSA) is 15.3 Å². The van der Waals surface area contributed by atoms with Crippen molar-refractivity contribution in [2.75, 3.05) is 24.5 Å². The Bertz CT molecular complexity index is 485. The highest BCUT2D eigenvalue weighted by atomic mass is 32.1. The molecule has 0 bridgehead atoms. The Morgan fingerprint density at radius 1 is 1.26 bits per heavy atom. The van der Waals surface area contributed by atoms with Gasteiger partial charge in [0.25, 0.3) is 0 Å². The molecule has 19 heavy (non-hydrogen) atoms. The Balaban J connectivity index is 1.79. The molecule has 0 aliphatic carbocycles. The lowest BCUT2D eigenvalue weighted by Crippen LogP contribution is -2.31. The molecular weight excluding hydrogens is 259 g/mol. The first-order chi connectivity index (χ1) is 9.29. The Kier molecular flexibility index (Phi) is 5.36. The molecule has 0 unspecified atom stereocenters. The summed E-state index contributed by atoms with van der Waals surface area (Å²) in [5, 5.41) is 5.50. The van der Waals surface area contributed by atoms with Crippen LogP contribution >= 0.6 is 11.3 Å². The number of hydrogen-bond acceptors (Lipinski definition) is 3. The molecule has 1 N–H and O–H groups in total. The molecule has 0 atom stereocenters. The summed E-state index contributed by atoms with van der Waals surface area (Å²) in [6, 6.07) is 11.0. The van der Waals surface area contributed by atoms with Crippen molar-refractivity contribution in [3.63, 3.8) is 0 Å². The van der Waals surface area contributed by atoms with E-state index >= 15 is 0 Å². The van der Waals surface area contributed by atoms with Crippen molar-refractivity contribution in [3.8, 4) is 0 Å². The Morgan fingerprint density at radius 2 is 2.16 bits per heavy atom. The summed E-state index contributed by atoms with van der Waals surface area (Å²) < 4.78 is 13.2. The highest BCUT2D eigenvalue weighted by Crippen LogP contribution is 2.14. The van der Waals surface area contributed by atoms with Gasteiger partial charge in [-0.25, -0.2) is 4.39 Å². The highest BCUT2D eigenvalue weighted by molar-refractivity contribution is 7.09. The number of rotatable bonds is 7. The van der Waals surface area contributed by atoms with Crippen LogP contribution in [0.15, 0.2) is 41.8 Å². The number of likely N-dealkylation sites (N-methyl/N-ethyl adjacent to an activating group) is 1. The van der Waals surface area contributed by atoms with E-state index in [1.165, 1.54) is 10.9 Å². The molecule has 1 heterocycles. The van der Waals surface area contributed by atoms with Crippen LogP contribution in [0.3, 0.4) is 0 Å². The van der Waals surface area contributed by atoms with Crippen LogP contribution in [0, 0.1) is 5.82 Å². The third kappa shape index (κ3) is 4.33. The third-order valence-corrected chi connectivity index (χ3v) is 3.87. The molecule has 2 aromatic rings. The Labute approximate surface area is 117 Å². The van der Waals surface area contributed by atoms with Crippen LogP contribution in [-0.4, -0.2) is 19.6 Å². The lowest BCUT2D eigenvalue weighted by Gasteiger charge is -2.23. The molecule has 1 aromatic heterocycles. The molecule has 0 saturated heterocycles. The first-order valence-electron chi connectivity index (χ1n) is 6.53. The van der Waals surface area contributed by atoms with Gasteiger partial charge in [0.15, 0.2) is 0 Å². The van der Waals surface area contributed by atoms with Crippen molar-refractivity contribution in [2.45, 2.75) is 13.5 Å². The van der Waals surface area contributed by atoms with Gasteiger partial charge in [-0.15, -0.1) is 11.3 Å². The zero-order chi connectivity index (χ0) is 13.5. The lowest BCUT2D eigenvalue weighted by molar-refractivity contribution is 0.624. The summed E-state index contributed by atoms with van der Waals surface area (Å²) >= 11 is 1.76. The second-order valence-corrected chi connectivity index (χ2v) is 5.35. The van der Waals surface area contributed by atoms with Crippen LogP contribution in [-0.2, 0) is 6.54 Å². The summed E-state index contributed by atoms with van der Waals surface area (Å²) in [5.74, 6) is -0.178. The average Bonchev–Trinajstić information content (AvgIpc) is 2.92. The van der Waals surface area contributed by atoms with Crippen molar-refractivity contribution in [2.24, 2.45) is 0 Å². The van der Waals surface area contributed by atoms with Crippen molar-refractivity contribution < 1.29 is 4.39 Å². The molecule has 4 heteroatoms. The van der Waals surface area contributed by atoms with Gasteiger partial charge in [-0.05, 0) is 36.6 Å². The predicted octanol–water partition coefficient (Wildman–Crippen LogP) is 3.50. The maximum atomic E-state index is 13.2. The van der Waals surface area contributed by atoms with Gasteiger partial charge in [-0.3, -0.25) is 0 Å². The Morgan fingerprint density at radius 3 is 2.84 bits per heavy atom. The smallest absolute Gasteiger partial charge is 0.125 e. The molecule has 102 valence electrons. The lowest BCUT2D eigenvalue weighted by atomic mass is 10.2. The van der Waals surface area contributed by atoms with Crippen LogP contribution in [0.2, 0.25) is 0 Å². The molecule has 0 aliphatic heterocycles. The average molecular weight is 278 g/mol. The minimum Gasteiger partial charge on any atom is -0.370 e. The first kappa shape index (κ1) is 14.0. The van der Waals surface area contributed by atoms with Crippen LogP contribution in [0.1, 0.15) is 11.8 Å². The second-order valence-electron chi connectivity index (χ2n) is 4.32. The van der Waals surface area contributed by atoms with E-state index in [-0.39, 0.29) is 5.82 Å². The van der Waals surface area contributed by atoms with Crippen LogP contribution in [0.4, 0.5) is 10.1 Å². The van der Waals surface area contributed by atoms with Gasteiger partial charge in [0, 0.05) is 36.7 Å². The van der Waals surface area contributed by atoms with Crippen molar-refractivity contribution >= 4 is 17.0 Å². The summed E-state index contributed by atoms with van der Waals surface area (Å²) in [6.07, 6.45) is 0. The number of nitrogens with zero attached hydrogens (tertiary/aromatic N) is 1.